The minimum Gasteiger partial charge on any atom is -0.355 e. The SMILES string of the molecule is CCN1CCN(CCCNC(=O)CNC(=O)c2ccc(Cl)cc2Cl)CC1. The average molecular weight is 401 g/mol. The summed E-state index contributed by atoms with van der Waals surface area (Å²) in [4.78, 5) is 28.7. The Kier molecular flexibility index (Phi) is 8.65. The van der Waals surface area contributed by atoms with E-state index in [1.165, 1.54) is 12.1 Å². The molecule has 2 N–H and O–H groups in total. The van der Waals surface area contributed by atoms with Crippen LogP contribution < -0.4 is 10.6 Å². The molecule has 0 radical (unpaired) electrons. The number of hydrogen-bond acceptors (Lipinski definition) is 4. The van der Waals surface area contributed by atoms with E-state index in [4.69, 9.17) is 23.2 Å². The first-order chi connectivity index (χ1) is 12.5. The van der Waals surface area contributed by atoms with E-state index in [0.717, 1.165) is 45.7 Å². The fourth-order valence-corrected chi connectivity index (χ4v) is 3.35. The van der Waals surface area contributed by atoms with Crippen molar-refractivity contribution in [2.24, 2.45) is 0 Å². The first-order valence-corrected chi connectivity index (χ1v) is 9.70. The maximum Gasteiger partial charge on any atom is 0.253 e. The minimum atomic E-state index is -0.393. The zero-order valence-electron chi connectivity index (χ0n) is 15.1. The fraction of sp³-hybridized carbons (Fsp3) is 0.556. The molecule has 1 aliphatic heterocycles. The Bertz CT molecular complexity index is 619. The summed E-state index contributed by atoms with van der Waals surface area (Å²) < 4.78 is 0. The van der Waals surface area contributed by atoms with E-state index >= 15 is 0 Å². The van der Waals surface area contributed by atoms with Crippen molar-refractivity contribution < 1.29 is 9.59 Å². The third-order valence-electron chi connectivity index (χ3n) is 4.47. The van der Waals surface area contributed by atoms with Crippen LogP contribution in [0.1, 0.15) is 23.7 Å². The zero-order chi connectivity index (χ0) is 18.9. The number of benzene rings is 1. The van der Waals surface area contributed by atoms with E-state index in [0.29, 0.717) is 17.1 Å². The van der Waals surface area contributed by atoms with Crippen molar-refractivity contribution in [3.05, 3.63) is 33.8 Å². The summed E-state index contributed by atoms with van der Waals surface area (Å²) in [7, 11) is 0. The fourth-order valence-electron chi connectivity index (χ4n) is 2.85. The molecule has 1 aromatic carbocycles. The Hall–Kier alpha value is -1.34. The largest absolute Gasteiger partial charge is 0.355 e. The normalized spacial score (nSPS) is 15.7. The van der Waals surface area contributed by atoms with Gasteiger partial charge >= 0.3 is 0 Å². The van der Waals surface area contributed by atoms with Crippen LogP contribution in [0.15, 0.2) is 18.2 Å². The highest BCUT2D eigenvalue weighted by Crippen LogP contribution is 2.20. The maximum absolute atomic E-state index is 12.0. The number of nitrogens with one attached hydrogen (secondary N) is 2. The number of piperazine rings is 1. The zero-order valence-corrected chi connectivity index (χ0v) is 16.6. The van der Waals surface area contributed by atoms with Gasteiger partial charge in [0, 0.05) is 37.7 Å². The highest BCUT2D eigenvalue weighted by Gasteiger charge is 2.15. The lowest BCUT2D eigenvalue weighted by atomic mass is 10.2. The van der Waals surface area contributed by atoms with E-state index in [1.54, 1.807) is 6.07 Å². The number of halogens is 2. The molecule has 26 heavy (non-hydrogen) atoms. The molecule has 1 fully saturated rings. The molecule has 2 amide bonds. The highest BCUT2D eigenvalue weighted by atomic mass is 35.5. The van der Waals surface area contributed by atoms with Crippen LogP contribution in [0.3, 0.4) is 0 Å². The Labute approximate surface area is 164 Å². The van der Waals surface area contributed by atoms with Crippen molar-refractivity contribution in [1.82, 2.24) is 20.4 Å². The molecule has 0 aromatic heterocycles. The van der Waals surface area contributed by atoms with E-state index in [9.17, 15) is 9.59 Å². The van der Waals surface area contributed by atoms with Crippen LogP contribution in [0.4, 0.5) is 0 Å². The molecular weight excluding hydrogens is 375 g/mol. The monoisotopic (exact) mass is 400 g/mol. The van der Waals surface area contributed by atoms with Gasteiger partial charge in [0.15, 0.2) is 0 Å². The predicted molar refractivity (Wildman–Crippen MR) is 105 cm³/mol. The minimum absolute atomic E-state index is 0.0764. The van der Waals surface area contributed by atoms with Gasteiger partial charge in [-0.2, -0.15) is 0 Å². The molecule has 1 heterocycles. The number of likely N-dealkylation sites (N-methyl/N-ethyl adjacent to an activating group) is 1. The summed E-state index contributed by atoms with van der Waals surface area (Å²) in [5, 5.41) is 6.12. The number of carbonyl (C=O) groups is 2. The van der Waals surface area contributed by atoms with Gasteiger partial charge in [-0.05, 0) is 37.7 Å². The van der Waals surface area contributed by atoms with Gasteiger partial charge in [-0.25, -0.2) is 0 Å². The van der Waals surface area contributed by atoms with E-state index < -0.39 is 5.91 Å². The third-order valence-corrected chi connectivity index (χ3v) is 5.02. The molecule has 8 heteroatoms. The second-order valence-electron chi connectivity index (χ2n) is 6.29. The van der Waals surface area contributed by atoms with Crippen LogP contribution in [0.5, 0.6) is 0 Å². The standard InChI is InChI=1S/C18H26Cl2N4O2/c1-2-23-8-10-24(11-9-23)7-3-6-21-17(25)13-22-18(26)15-5-4-14(19)12-16(15)20/h4-5,12H,2-3,6-11,13H2,1H3,(H,21,25)(H,22,26). The first kappa shape index (κ1) is 21.0. The van der Waals surface area contributed by atoms with Gasteiger partial charge in [-0.3, -0.25) is 9.59 Å². The molecule has 0 unspecified atom stereocenters. The highest BCUT2D eigenvalue weighted by molar-refractivity contribution is 6.36. The lowest BCUT2D eigenvalue weighted by molar-refractivity contribution is -0.120. The summed E-state index contributed by atoms with van der Waals surface area (Å²) >= 11 is 11.8. The van der Waals surface area contributed by atoms with Gasteiger partial charge in [-0.15, -0.1) is 0 Å². The third kappa shape index (κ3) is 6.76. The molecule has 0 bridgehead atoms. The summed E-state index contributed by atoms with van der Waals surface area (Å²) in [6, 6.07) is 4.62. The number of hydrogen-bond donors (Lipinski definition) is 2. The molecule has 6 nitrogen and oxygen atoms in total. The Morgan fingerprint density at radius 1 is 1.08 bits per heavy atom. The quantitative estimate of drug-likeness (QED) is 0.653. The summed E-state index contributed by atoms with van der Waals surface area (Å²) in [5.41, 5.74) is 0.301. The van der Waals surface area contributed by atoms with Crippen molar-refractivity contribution in [2.45, 2.75) is 13.3 Å². The van der Waals surface area contributed by atoms with Gasteiger partial charge in [0.05, 0.1) is 17.1 Å². The molecule has 0 spiro atoms. The molecule has 0 atom stereocenters. The maximum atomic E-state index is 12.0. The Morgan fingerprint density at radius 2 is 1.77 bits per heavy atom. The Morgan fingerprint density at radius 3 is 2.42 bits per heavy atom. The predicted octanol–water partition coefficient (Wildman–Crippen LogP) is 1.87. The van der Waals surface area contributed by atoms with Gasteiger partial charge in [0.2, 0.25) is 5.91 Å². The van der Waals surface area contributed by atoms with Crippen molar-refractivity contribution in [3.8, 4) is 0 Å². The molecular formula is C18H26Cl2N4O2. The number of rotatable bonds is 8. The van der Waals surface area contributed by atoms with Gasteiger partial charge in [0.25, 0.3) is 5.91 Å². The lowest BCUT2D eigenvalue weighted by Gasteiger charge is -2.33. The summed E-state index contributed by atoms with van der Waals surface area (Å²) in [6.45, 7) is 9.19. The van der Waals surface area contributed by atoms with Gasteiger partial charge in [0.1, 0.15) is 0 Å². The number of carbonyl (C=O) groups excluding carboxylic acids is 2. The summed E-state index contributed by atoms with van der Waals surface area (Å²) in [5.74, 6) is -0.602. The van der Waals surface area contributed by atoms with Crippen molar-refractivity contribution >= 4 is 35.0 Å². The van der Waals surface area contributed by atoms with Crippen LogP contribution in [0.2, 0.25) is 10.0 Å². The van der Waals surface area contributed by atoms with Crippen LogP contribution in [0, 0.1) is 0 Å². The van der Waals surface area contributed by atoms with Gasteiger partial charge < -0.3 is 20.4 Å². The number of amides is 2. The van der Waals surface area contributed by atoms with E-state index in [-0.39, 0.29) is 17.5 Å². The summed E-state index contributed by atoms with van der Waals surface area (Å²) in [6.07, 6.45) is 0.898. The molecule has 1 saturated heterocycles. The average Bonchev–Trinajstić information content (AvgIpc) is 2.63. The van der Waals surface area contributed by atoms with Crippen LogP contribution in [-0.2, 0) is 4.79 Å². The van der Waals surface area contributed by atoms with E-state index in [2.05, 4.69) is 27.4 Å². The smallest absolute Gasteiger partial charge is 0.253 e. The van der Waals surface area contributed by atoms with Crippen molar-refractivity contribution in [1.29, 1.82) is 0 Å². The molecule has 144 valence electrons. The van der Waals surface area contributed by atoms with E-state index in [1.807, 2.05) is 0 Å². The molecule has 1 aliphatic rings. The first-order valence-electron chi connectivity index (χ1n) is 8.94. The van der Waals surface area contributed by atoms with Crippen LogP contribution in [-0.4, -0.2) is 74.0 Å². The topological polar surface area (TPSA) is 64.7 Å². The number of nitrogens with zero attached hydrogens (tertiary/aromatic N) is 2. The second-order valence-corrected chi connectivity index (χ2v) is 7.13. The molecule has 2 rings (SSSR count). The van der Waals surface area contributed by atoms with Crippen molar-refractivity contribution in [2.75, 3.05) is 52.4 Å². The lowest BCUT2D eigenvalue weighted by Crippen LogP contribution is -2.46. The van der Waals surface area contributed by atoms with Crippen LogP contribution >= 0.6 is 23.2 Å². The Balaban J connectivity index is 1.59. The van der Waals surface area contributed by atoms with Crippen molar-refractivity contribution in [3.63, 3.8) is 0 Å². The second kappa shape index (κ2) is 10.7. The van der Waals surface area contributed by atoms with Crippen LogP contribution in [0.25, 0.3) is 0 Å². The van der Waals surface area contributed by atoms with Gasteiger partial charge in [-0.1, -0.05) is 30.1 Å². The molecule has 0 saturated carbocycles. The molecule has 1 aromatic rings. The molecule has 0 aliphatic carbocycles.